The van der Waals surface area contributed by atoms with Crippen molar-refractivity contribution in [3.63, 3.8) is 0 Å². The highest BCUT2D eigenvalue weighted by atomic mass is 35.5. The van der Waals surface area contributed by atoms with Crippen LogP contribution in [0.2, 0.25) is 0 Å². The molecule has 1 unspecified atom stereocenters. The number of carbonyl (C=O) groups is 2. The molecule has 0 radical (unpaired) electrons. The number of amides is 2. The molecule has 5 heteroatoms. The van der Waals surface area contributed by atoms with Gasteiger partial charge in [0.05, 0.1) is 0 Å². The topological polar surface area (TPSA) is 49.4 Å². The average molecular weight is 231 g/mol. The molecule has 1 rings (SSSR count). The van der Waals surface area contributed by atoms with E-state index in [1.807, 2.05) is 6.92 Å². The minimum atomic E-state index is -0.385. The summed E-state index contributed by atoms with van der Waals surface area (Å²) in [6.45, 7) is 2.81. The molecular weight excluding hydrogens is 216 g/mol. The second-order valence-electron chi connectivity index (χ2n) is 3.42. The van der Waals surface area contributed by atoms with Crippen LogP contribution >= 0.6 is 11.6 Å². The summed E-state index contributed by atoms with van der Waals surface area (Å²) in [6.07, 6.45) is 2.67. The van der Waals surface area contributed by atoms with Crippen molar-refractivity contribution in [2.45, 2.75) is 25.8 Å². The predicted molar refractivity (Wildman–Crippen MR) is 58.4 cm³/mol. The van der Waals surface area contributed by atoms with Gasteiger partial charge in [0.25, 0.3) is 0 Å². The van der Waals surface area contributed by atoms with Gasteiger partial charge in [-0.25, -0.2) is 0 Å². The Morgan fingerprint density at radius 2 is 2.33 bits per heavy atom. The molecule has 2 amide bonds. The number of rotatable bonds is 3. The van der Waals surface area contributed by atoms with Crippen LogP contribution < -0.4 is 5.32 Å². The van der Waals surface area contributed by atoms with E-state index in [4.69, 9.17) is 11.6 Å². The molecule has 0 spiro atoms. The van der Waals surface area contributed by atoms with Crippen LogP contribution in [0.5, 0.6) is 0 Å². The fourth-order valence-corrected chi connectivity index (χ4v) is 1.60. The SMILES string of the molecule is CCC1NC(=O)CCN(C/C=C/Cl)C1=O. The lowest BCUT2D eigenvalue weighted by atomic mass is 10.2. The van der Waals surface area contributed by atoms with Gasteiger partial charge in [-0.15, -0.1) is 0 Å². The van der Waals surface area contributed by atoms with E-state index in [1.54, 1.807) is 11.0 Å². The van der Waals surface area contributed by atoms with Crippen molar-refractivity contribution in [3.05, 3.63) is 11.6 Å². The molecule has 84 valence electrons. The molecule has 4 nitrogen and oxygen atoms in total. The van der Waals surface area contributed by atoms with Gasteiger partial charge in [0.2, 0.25) is 11.8 Å². The number of hydrogen-bond acceptors (Lipinski definition) is 2. The summed E-state index contributed by atoms with van der Waals surface area (Å²) in [4.78, 5) is 24.8. The van der Waals surface area contributed by atoms with Gasteiger partial charge in [0.1, 0.15) is 6.04 Å². The molecule has 1 fully saturated rings. The van der Waals surface area contributed by atoms with E-state index < -0.39 is 0 Å². The van der Waals surface area contributed by atoms with Crippen molar-refractivity contribution in [1.29, 1.82) is 0 Å². The minimum Gasteiger partial charge on any atom is -0.344 e. The van der Waals surface area contributed by atoms with Crippen molar-refractivity contribution in [3.8, 4) is 0 Å². The molecule has 1 aliphatic heterocycles. The summed E-state index contributed by atoms with van der Waals surface area (Å²) < 4.78 is 0. The monoisotopic (exact) mass is 230 g/mol. The van der Waals surface area contributed by atoms with E-state index in [1.165, 1.54) is 5.54 Å². The van der Waals surface area contributed by atoms with Gasteiger partial charge < -0.3 is 10.2 Å². The number of carbonyl (C=O) groups excluding carboxylic acids is 2. The van der Waals surface area contributed by atoms with Crippen LogP contribution in [-0.2, 0) is 9.59 Å². The van der Waals surface area contributed by atoms with Crippen LogP contribution in [0, 0.1) is 0 Å². The molecule has 0 aromatic carbocycles. The van der Waals surface area contributed by atoms with Crippen LogP contribution in [0.25, 0.3) is 0 Å². The summed E-state index contributed by atoms with van der Waals surface area (Å²) in [5.74, 6) is -0.0920. The normalized spacial score (nSPS) is 23.1. The van der Waals surface area contributed by atoms with Crippen LogP contribution in [-0.4, -0.2) is 35.8 Å². The Balaban J connectivity index is 2.70. The first kappa shape index (κ1) is 12.0. The maximum Gasteiger partial charge on any atom is 0.245 e. The summed E-state index contributed by atoms with van der Waals surface area (Å²) in [7, 11) is 0. The van der Waals surface area contributed by atoms with Crippen LogP contribution in [0.15, 0.2) is 11.6 Å². The van der Waals surface area contributed by atoms with Crippen molar-refractivity contribution < 1.29 is 9.59 Å². The zero-order chi connectivity index (χ0) is 11.3. The molecule has 0 aliphatic carbocycles. The molecule has 0 bridgehead atoms. The van der Waals surface area contributed by atoms with Crippen molar-refractivity contribution in [2.75, 3.05) is 13.1 Å². The van der Waals surface area contributed by atoms with E-state index >= 15 is 0 Å². The molecule has 0 saturated carbocycles. The third kappa shape index (κ3) is 3.23. The average Bonchev–Trinajstić information content (AvgIpc) is 2.37. The molecule has 1 N–H and O–H groups in total. The summed E-state index contributed by atoms with van der Waals surface area (Å²) >= 11 is 5.41. The third-order valence-electron chi connectivity index (χ3n) is 2.38. The highest BCUT2D eigenvalue weighted by Crippen LogP contribution is 2.06. The van der Waals surface area contributed by atoms with E-state index in [0.717, 1.165) is 0 Å². The first-order valence-electron chi connectivity index (χ1n) is 5.02. The molecular formula is C10H15ClN2O2. The molecule has 0 aromatic rings. The molecule has 0 aromatic heterocycles. The van der Waals surface area contributed by atoms with Gasteiger partial charge in [0, 0.05) is 25.0 Å². The van der Waals surface area contributed by atoms with E-state index in [-0.39, 0.29) is 17.9 Å². The highest BCUT2D eigenvalue weighted by molar-refractivity contribution is 6.25. The molecule has 1 aliphatic rings. The standard InChI is InChI=1S/C10H15ClN2O2/c1-2-8-10(15)13(6-3-5-11)7-4-9(14)12-8/h3,5,8H,2,4,6-7H2,1H3,(H,12,14)/b5-3+. The third-order valence-corrected chi connectivity index (χ3v) is 2.56. The predicted octanol–water partition coefficient (Wildman–Crippen LogP) is 0.866. The van der Waals surface area contributed by atoms with E-state index in [0.29, 0.717) is 25.9 Å². The quantitative estimate of drug-likeness (QED) is 0.782. The van der Waals surface area contributed by atoms with Crippen LogP contribution in [0.3, 0.4) is 0 Å². The lowest BCUT2D eigenvalue weighted by Crippen LogP contribution is -2.44. The lowest BCUT2D eigenvalue weighted by Gasteiger charge is -2.21. The van der Waals surface area contributed by atoms with E-state index in [2.05, 4.69) is 5.32 Å². The number of halogens is 1. The zero-order valence-corrected chi connectivity index (χ0v) is 9.46. The molecule has 1 saturated heterocycles. The second kappa shape index (κ2) is 5.75. The van der Waals surface area contributed by atoms with E-state index in [9.17, 15) is 9.59 Å². The second-order valence-corrected chi connectivity index (χ2v) is 3.68. The Morgan fingerprint density at radius 3 is 2.93 bits per heavy atom. The van der Waals surface area contributed by atoms with Gasteiger partial charge in [-0.3, -0.25) is 9.59 Å². The largest absolute Gasteiger partial charge is 0.344 e. The summed E-state index contributed by atoms with van der Waals surface area (Å²) in [6, 6.07) is -0.385. The lowest BCUT2D eigenvalue weighted by molar-refractivity contribution is -0.133. The number of nitrogens with zero attached hydrogens (tertiary/aromatic N) is 1. The first-order chi connectivity index (χ1) is 7.19. The molecule has 1 heterocycles. The van der Waals surface area contributed by atoms with Crippen molar-refractivity contribution in [1.82, 2.24) is 10.2 Å². The van der Waals surface area contributed by atoms with Gasteiger partial charge >= 0.3 is 0 Å². The molecule has 1 atom stereocenters. The van der Waals surface area contributed by atoms with Gasteiger partial charge in [-0.1, -0.05) is 24.6 Å². The fourth-order valence-electron chi connectivity index (χ4n) is 1.52. The number of nitrogens with one attached hydrogen (secondary N) is 1. The maximum absolute atomic E-state index is 11.9. The highest BCUT2D eigenvalue weighted by Gasteiger charge is 2.27. The van der Waals surface area contributed by atoms with Gasteiger partial charge in [-0.2, -0.15) is 0 Å². The fraction of sp³-hybridized carbons (Fsp3) is 0.600. The summed E-state index contributed by atoms with van der Waals surface area (Å²) in [5.41, 5.74) is 1.38. The van der Waals surface area contributed by atoms with Crippen LogP contribution in [0.4, 0.5) is 0 Å². The van der Waals surface area contributed by atoms with Crippen molar-refractivity contribution in [2.24, 2.45) is 0 Å². The maximum atomic E-state index is 11.9. The summed E-state index contributed by atoms with van der Waals surface area (Å²) in [5, 5.41) is 2.70. The Bertz CT molecular complexity index is 279. The zero-order valence-electron chi connectivity index (χ0n) is 8.70. The first-order valence-corrected chi connectivity index (χ1v) is 5.46. The number of hydrogen-bond donors (Lipinski definition) is 1. The van der Waals surface area contributed by atoms with Gasteiger partial charge in [-0.05, 0) is 6.42 Å². The Morgan fingerprint density at radius 1 is 1.60 bits per heavy atom. The van der Waals surface area contributed by atoms with Crippen LogP contribution in [0.1, 0.15) is 19.8 Å². The minimum absolute atomic E-state index is 0.0295. The molecule has 15 heavy (non-hydrogen) atoms. The Hall–Kier alpha value is -1.03. The Kier molecular flexibility index (Phi) is 4.62. The van der Waals surface area contributed by atoms with Crippen molar-refractivity contribution >= 4 is 23.4 Å². The smallest absolute Gasteiger partial charge is 0.245 e. The Labute approximate surface area is 94.3 Å². The van der Waals surface area contributed by atoms with Gasteiger partial charge in [0.15, 0.2) is 0 Å².